The SMILES string of the molecule is O=C(NCCC1=CCNCC1)c1nccc2ccccc12. The summed E-state index contributed by atoms with van der Waals surface area (Å²) >= 11 is 0. The van der Waals surface area contributed by atoms with Crippen LogP contribution in [0.2, 0.25) is 0 Å². The van der Waals surface area contributed by atoms with Gasteiger partial charge in [-0.15, -0.1) is 0 Å². The fraction of sp³-hybridized carbons (Fsp3) is 0.294. The van der Waals surface area contributed by atoms with Gasteiger partial charge < -0.3 is 10.6 Å². The normalized spacial score (nSPS) is 14.8. The molecule has 0 bridgehead atoms. The monoisotopic (exact) mass is 281 g/mol. The van der Waals surface area contributed by atoms with E-state index in [1.165, 1.54) is 5.57 Å². The zero-order valence-electron chi connectivity index (χ0n) is 11.9. The molecular formula is C17H19N3O. The number of pyridine rings is 1. The number of hydrogen-bond donors (Lipinski definition) is 2. The Morgan fingerprint density at radius 1 is 1.29 bits per heavy atom. The molecule has 0 unspecified atom stereocenters. The van der Waals surface area contributed by atoms with Gasteiger partial charge in [0.05, 0.1) is 0 Å². The standard InChI is InChI=1S/C17H19N3O/c21-17(20-11-7-13-5-9-18-10-6-13)16-15-4-2-1-3-14(15)8-12-19-16/h1-5,8,12,18H,6-7,9-11H2,(H,20,21). The van der Waals surface area contributed by atoms with Crippen molar-refractivity contribution in [1.82, 2.24) is 15.6 Å². The summed E-state index contributed by atoms with van der Waals surface area (Å²) in [6, 6.07) is 9.75. The lowest BCUT2D eigenvalue weighted by molar-refractivity contribution is 0.0951. The molecule has 2 heterocycles. The Morgan fingerprint density at radius 2 is 2.19 bits per heavy atom. The Morgan fingerprint density at radius 3 is 3.05 bits per heavy atom. The van der Waals surface area contributed by atoms with E-state index in [9.17, 15) is 4.79 Å². The van der Waals surface area contributed by atoms with E-state index in [1.807, 2.05) is 30.3 Å². The van der Waals surface area contributed by atoms with Gasteiger partial charge in [-0.2, -0.15) is 0 Å². The third kappa shape index (κ3) is 3.28. The van der Waals surface area contributed by atoms with E-state index >= 15 is 0 Å². The number of amides is 1. The van der Waals surface area contributed by atoms with Gasteiger partial charge in [-0.05, 0) is 30.8 Å². The van der Waals surface area contributed by atoms with E-state index in [2.05, 4.69) is 21.7 Å². The maximum absolute atomic E-state index is 12.3. The summed E-state index contributed by atoms with van der Waals surface area (Å²) in [5.74, 6) is -0.0960. The number of nitrogens with one attached hydrogen (secondary N) is 2. The van der Waals surface area contributed by atoms with Crippen LogP contribution in [0.4, 0.5) is 0 Å². The van der Waals surface area contributed by atoms with Gasteiger partial charge in [0.1, 0.15) is 5.69 Å². The van der Waals surface area contributed by atoms with E-state index in [4.69, 9.17) is 0 Å². The Bertz CT molecular complexity index is 673. The summed E-state index contributed by atoms with van der Waals surface area (Å²) in [4.78, 5) is 16.5. The van der Waals surface area contributed by atoms with Crippen molar-refractivity contribution in [3.8, 4) is 0 Å². The molecule has 1 aliphatic rings. The molecule has 0 spiro atoms. The first-order chi connectivity index (χ1) is 10.3. The number of nitrogens with zero attached hydrogens (tertiary/aromatic N) is 1. The van der Waals surface area contributed by atoms with Crippen LogP contribution in [0.3, 0.4) is 0 Å². The lowest BCUT2D eigenvalue weighted by Crippen LogP contribution is -2.27. The van der Waals surface area contributed by atoms with Crippen molar-refractivity contribution < 1.29 is 4.79 Å². The molecule has 4 nitrogen and oxygen atoms in total. The van der Waals surface area contributed by atoms with Crippen LogP contribution in [0.25, 0.3) is 10.8 Å². The van der Waals surface area contributed by atoms with Gasteiger partial charge in [-0.25, -0.2) is 0 Å². The first kappa shape index (κ1) is 13.8. The third-order valence-electron chi connectivity index (χ3n) is 3.78. The van der Waals surface area contributed by atoms with Crippen LogP contribution < -0.4 is 10.6 Å². The molecule has 1 aromatic carbocycles. The number of aromatic nitrogens is 1. The van der Waals surface area contributed by atoms with E-state index < -0.39 is 0 Å². The van der Waals surface area contributed by atoms with Gasteiger partial charge in [0.15, 0.2) is 0 Å². The zero-order valence-corrected chi connectivity index (χ0v) is 11.9. The molecule has 0 saturated carbocycles. The number of rotatable bonds is 4. The number of carbonyl (C=O) groups excluding carboxylic acids is 1. The Balaban J connectivity index is 1.65. The Labute approximate surface area is 124 Å². The molecule has 2 N–H and O–H groups in total. The van der Waals surface area contributed by atoms with Crippen LogP contribution in [0.1, 0.15) is 23.3 Å². The molecule has 0 fully saturated rings. The summed E-state index contributed by atoms with van der Waals surface area (Å²) in [5.41, 5.74) is 1.92. The van der Waals surface area contributed by atoms with Crippen LogP contribution in [0, 0.1) is 0 Å². The molecule has 0 atom stereocenters. The zero-order chi connectivity index (χ0) is 14.5. The molecule has 108 valence electrons. The first-order valence-electron chi connectivity index (χ1n) is 7.35. The van der Waals surface area contributed by atoms with Crippen LogP contribution in [-0.4, -0.2) is 30.5 Å². The predicted octanol–water partition coefficient (Wildman–Crippen LogP) is 2.27. The number of hydrogen-bond acceptors (Lipinski definition) is 3. The molecular weight excluding hydrogens is 262 g/mol. The second-order valence-corrected chi connectivity index (χ2v) is 5.20. The van der Waals surface area contributed by atoms with Gasteiger partial charge in [0, 0.05) is 24.7 Å². The third-order valence-corrected chi connectivity index (χ3v) is 3.78. The van der Waals surface area contributed by atoms with Gasteiger partial charge in [-0.1, -0.05) is 35.9 Å². The summed E-state index contributed by atoms with van der Waals surface area (Å²) in [7, 11) is 0. The van der Waals surface area contributed by atoms with E-state index in [0.717, 1.165) is 36.7 Å². The molecule has 21 heavy (non-hydrogen) atoms. The minimum Gasteiger partial charge on any atom is -0.350 e. The second kappa shape index (κ2) is 6.50. The largest absolute Gasteiger partial charge is 0.350 e. The topological polar surface area (TPSA) is 54.0 Å². The predicted molar refractivity (Wildman–Crippen MR) is 84.3 cm³/mol. The quantitative estimate of drug-likeness (QED) is 0.845. The molecule has 1 aromatic heterocycles. The molecule has 4 heteroatoms. The number of carbonyl (C=O) groups is 1. The van der Waals surface area contributed by atoms with Crippen molar-refractivity contribution >= 4 is 16.7 Å². The minimum absolute atomic E-state index is 0.0960. The maximum atomic E-state index is 12.3. The molecule has 0 radical (unpaired) electrons. The van der Waals surface area contributed by atoms with E-state index in [0.29, 0.717) is 12.2 Å². The molecule has 3 rings (SSSR count). The number of fused-ring (bicyclic) bond motifs is 1. The Hall–Kier alpha value is -2.20. The van der Waals surface area contributed by atoms with Crippen molar-refractivity contribution in [2.24, 2.45) is 0 Å². The summed E-state index contributed by atoms with van der Waals surface area (Å²) in [6.45, 7) is 2.63. The minimum atomic E-state index is -0.0960. The van der Waals surface area contributed by atoms with Crippen molar-refractivity contribution in [2.45, 2.75) is 12.8 Å². The van der Waals surface area contributed by atoms with E-state index in [1.54, 1.807) is 6.20 Å². The summed E-state index contributed by atoms with van der Waals surface area (Å²) in [5, 5.41) is 8.20. The first-order valence-corrected chi connectivity index (χ1v) is 7.35. The lowest BCUT2D eigenvalue weighted by Gasteiger charge is -2.14. The highest BCUT2D eigenvalue weighted by Crippen LogP contribution is 2.16. The molecule has 1 amide bonds. The summed E-state index contributed by atoms with van der Waals surface area (Å²) < 4.78 is 0. The fourth-order valence-electron chi connectivity index (χ4n) is 2.62. The summed E-state index contributed by atoms with van der Waals surface area (Å²) in [6.07, 6.45) is 5.89. The van der Waals surface area contributed by atoms with Gasteiger partial charge in [-0.3, -0.25) is 9.78 Å². The average molecular weight is 281 g/mol. The molecule has 1 aliphatic heterocycles. The second-order valence-electron chi connectivity index (χ2n) is 5.20. The Kier molecular flexibility index (Phi) is 4.26. The van der Waals surface area contributed by atoms with Crippen LogP contribution >= 0.6 is 0 Å². The molecule has 0 saturated heterocycles. The average Bonchev–Trinajstić information content (AvgIpc) is 2.55. The number of benzene rings is 1. The van der Waals surface area contributed by atoms with E-state index in [-0.39, 0.29) is 5.91 Å². The van der Waals surface area contributed by atoms with Crippen LogP contribution in [0.15, 0.2) is 48.2 Å². The fourth-order valence-corrected chi connectivity index (χ4v) is 2.62. The molecule has 0 aliphatic carbocycles. The van der Waals surface area contributed by atoms with Crippen molar-refractivity contribution in [2.75, 3.05) is 19.6 Å². The van der Waals surface area contributed by atoms with Crippen LogP contribution in [-0.2, 0) is 0 Å². The highest BCUT2D eigenvalue weighted by molar-refractivity contribution is 6.05. The highest BCUT2D eigenvalue weighted by Gasteiger charge is 2.11. The van der Waals surface area contributed by atoms with Gasteiger partial charge in [0.2, 0.25) is 0 Å². The van der Waals surface area contributed by atoms with Crippen LogP contribution in [0.5, 0.6) is 0 Å². The lowest BCUT2D eigenvalue weighted by atomic mass is 10.1. The highest BCUT2D eigenvalue weighted by atomic mass is 16.1. The van der Waals surface area contributed by atoms with Gasteiger partial charge >= 0.3 is 0 Å². The van der Waals surface area contributed by atoms with Crippen molar-refractivity contribution in [3.05, 3.63) is 53.9 Å². The smallest absolute Gasteiger partial charge is 0.270 e. The molecule has 2 aromatic rings. The maximum Gasteiger partial charge on any atom is 0.270 e. The van der Waals surface area contributed by atoms with Gasteiger partial charge in [0.25, 0.3) is 5.91 Å². The van der Waals surface area contributed by atoms with Crippen molar-refractivity contribution in [3.63, 3.8) is 0 Å². The van der Waals surface area contributed by atoms with Crippen molar-refractivity contribution in [1.29, 1.82) is 0 Å².